The number of piperidine rings is 1. The summed E-state index contributed by atoms with van der Waals surface area (Å²) in [6.45, 7) is 6.13. The largest absolute Gasteiger partial charge is 0.313 e. The molecule has 5 heteroatoms. The van der Waals surface area contributed by atoms with Gasteiger partial charge in [-0.15, -0.1) is 0 Å². The quantitative estimate of drug-likeness (QED) is 0.906. The van der Waals surface area contributed by atoms with Crippen LogP contribution in [0.25, 0.3) is 0 Å². The summed E-state index contributed by atoms with van der Waals surface area (Å²) >= 11 is 0. The minimum absolute atomic E-state index is 0.280. The summed E-state index contributed by atoms with van der Waals surface area (Å²) in [6, 6.07) is 7.49. The molecule has 1 aromatic rings. The Balaban J connectivity index is 2.15. The van der Waals surface area contributed by atoms with Crippen LogP contribution in [0.5, 0.6) is 0 Å². The monoisotopic (exact) mass is 296 g/mol. The van der Waals surface area contributed by atoms with Crippen molar-refractivity contribution in [2.45, 2.75) is 44.0 Å². The van der Waals surface area contributed by atoms with Crippen molar-refractivity contribution < 1.29 is 8.42 Å². The summed E-state index contributed by atoms with van der Waals surface area (Å²) in [5.41, 5.74) is 0.816. The van der Waals surface area contributed by atoms with Crippen LogP contribution in [0, 0.1) is 6.92 Å². The van der Waals surface area contributed by atoms with Gasteiger partial charge in [0.25, 0.3) is 0 Å². The van der Waals surface area contributed by atoms with E-state index in [9.17, 15) is 8.42 Å². The number of hydrogen-bond acceptors (Lipinski definition) is 3. The van der Waals surface area contributed by atoms with Gasteiger partial charge in [-0.1, -0.05) is 25.1 Å². The van der Waals surface area contributed by atoms with Crippen molar-refractivity contribution in [3.05, 3.63) is 29.8 Å². The number of nitrogens with zero attached hydrogens (tertiary/aromatic N) is 1. The van der Waals surface area contributed by atoms with Crippen molar-refractivity contribution in [2.75, 3.05) is 19.6 Å². The minimum Gasteiger partial charge on any atom is -0.313 e. The van der Waals surface area contributed by atoms with Gasteiger partial charge in [0.1, 0.15) is 0 Å². The van der Waals surface area contributed by atoms with Crippen molar-refractivity contribution in [1.29, 1.82) is 0 Å². The Morgan fingerprint density at radius 3 is 2.80 bits per heavy atom. The second-order valence-electron chi connectivity index (χ2n) is 5.42. The van der Waals surface area contributed by atoms with Gasteiger partial charge in [-0.05, 0) is 44.4 Å². The van der Waals surface area contributed by atoms with Crippen molar-refractivity contribution in [1.82, 2.24) is 9.62 Å². The molecule has 1 fully saturated rings. The van der Waals surface area contributed by atoms with Gasteiger partial charge in [0.05, 0.1) is 4.90 Å². The van der Waals surface area contributed by atoms with E-state index < -0.39 is 10.0 Å². The van der Waals surface area contributed by atoms with Gasteiger partial charge in [0.15, 0.2) is 0 Å². The van der Waals surface area contributed by atoms with Crippen LogP contribution in [-0.4, -0.2) is 38.4 Å². The third-order valence-electron chi connectivity index (χ3n) is 3.78. The second kappa shape index (κ2) is 6.70. The summed E-state index contributed by atoms with van der Waals surface area (Å²) < 4.78 is 27.1. The highest BCUT2D eigenvalue weighted by atomic mass is 32.2. The Morgan fingerprint density at radius 2 is 2.10 bits per heavy atom. The number of aryl methyl sites for hydroxylation is 1. The molecule has 0 radical (unpaired) electrons. The van der Waals surface area contributed by atoms with E-state index in [0.717, 1.165) is 31.4 Å². The van der Waals surface area contributed by atoms with E-state index in [1.807, 2.05) is 19.1 Å². The lowest BCUT2D eigenvalue weighted by Crippen LogP contribution is -2.48. The highest BCUT2D eigenvalue weighted by Gasteiger charge is 2.30. The molecule has 2 rings (SSSR count). The molecular formula is C15H24N2O2S. The lowest BCUT2D eigenvalue weighted by molar-refractivity contribution is 0.284. The molecule has 4 nitrogen and oxygen atoms in total. The summed E-state index contributed by atoms with van der Waals surface area (Å²) in [7, 11) is -3.36. The Labute approximate surface area is 122 Å². The van der Waals surface area contributed by atoms with Crippen LogP contribution in [0.15, 0.2) is 29.2 Å². The van der Waals surface area contributed by atoms with Crippen LogP contribution < -0.4 is 5.32 Å². The van der Waals surface area contributed by atoms with E-state index in [1.54, 1.807) is 16.4 Å². The van der Waals surface area contributed by atoms with Gasteiger partial charge in [-0.25, -0.2) is 8.42 Å². The van der Waals surface area contributed by atoms with E-state index in [0.29, 0.717) is 18.0 Å². The van der Waals surface area contributed by atoms with Gasteiger partial charge in [0, 0.05) is 19.1 Å². The van der Waals surface area contributed by atoms with E-state index in [2.05, 4.69) is 12.2 Å². The first-order valence-electron chi connectivity index (χ1n) is 7.35. The molecule has 0 spiro atoms. The fourth-order valence-electron chi connectivity index (χ4n) is 2.66. The van der Waals surface area contributed by atoms with Crippen LogP contribution in [0.4, 0.5) is 0 Å². The average molecular weight is 296 g/mol. The van der Waals surface area contributed by atoms with E-state index in [1.165, 1.54) is 0 Å². The maximum absolute atomic E-state index is 12.7. The van der Waals surface area contributed by atoms with Gasteiger partial charge in [-0.2, -0.15) is 4.31 Å². The van der Waals surface area contributed by atoms with Gasteiger partial charge < -0.3 is 5.32 Å². The van der Waals surface area contributed by atoms with E-state index in [-0.39, 0.29) is 6.04 Å². The topological polar surface area (TPSA) is 49.4 Å². The van der Waals surface area contributed by atoms with Crippen LogP contribution in [0.1, 0.15) is 31.7 Å². The van der Waals surface area contributed by atoms with Crippen molar-refractivity contribution in [3.63, 3.8) is 0 Å². The van der Waals surface area contributed by atoms with Gasteiger partial charge in [0.2, 0.25) is 10.0 Å². The number of nitrogens with one attached hydrogen (secondary N) is 1. The predicted octanol–water partition coefficient (Wildman–Crippen LogP) is 2.15. The summed E-state index contributed by atoms with van der Waals surface area (Å²) in [6.07, 6.45) is 3.05. The number of rotatable bonds is 5. The molecule has 0 saturated carbocycles. The SMILES string of the molecule is CCCNC1CCCN(S(=O)(=O)c2ccccc2C)C1. The zero-order valence-corrected chi connectivity index (χ0v) is 13.1. The second-order valence-corrected chi connectivity index (χ2v) is 7.33. The molecule has 0 aromatic heterocycles. The van der Waals surface area contributed by atoms with Crippen LogP contribution in [0.3, 0.4) is 0 Å². The standard InChI is InChI=1S/C15H24N2O2S/c1-3-10-16-14-8-6-11-17(12-14)20(18,19)15-9-5-4-7-13(15)2/h4-5,7,9,14,16H,3,6,8,10-12H2,1-2H3. The Hall–Kier alpha value is -0.910. The maximum Gasteiger partial charge on any atom is 0.243 e. The first kappa shape index (κ1) is 15.5. The first-order valence-corrected chi connectivity index (χ1v) is 8.79. The molecule has 1 atom stereocenters. The van der Waals surface area contributed by atoms with E-state index >= 15 is 0 Å². The summed E-state index contributed by atoms with van der Waals surface area (Å²) in [5.74, 6) is 0. The summed E-state index contributed by atoms with van der Waals surface area (Å²) in [5, 5.41) is 3.43. The fourth-order valence-corrected chi connectivity index (χ4v) is 4.41. The molecule has 1 unspecified atom stereocenters. The van der Waals surface area contributed by atoms with Gasteiger partial charge in [-0.3, -0.25) is 0 Å². The predicted molar refractivity (Wildman–Crippen MR) is 81.3 cm³/mol. The number of benzene rings is 1. The lowest BCUT2D eigenvalue weighted by atomic mass is 10.1. The fraction of sp³-hybridized carbons (Fsp3) is 0.600. The molecule has 20 heavy (non-hydrogen) atoms. The maximum atomic E-state index is 12.7. The molecule has 0 amide bonds. The Kier molecular flexibility index (Phi) is 5.18. The molecular weight excluding hydrogens is 272 g/mol. The van der Waals surface area contributed by atoms with E-state index in [4.69, 9.17) is 0 Å². The Morgan fingerprint density at radius 1 is 1.35 bits per heavy atom. The first-order chi connectivity index (χ1) is 9.55. The van der Waals surface area contributed by atoms with Crippen molar-refractivity contribution in [2.24, 2.45) is 0 Å². The normalized spacial score (nSPS) is 21.0. The molecule has 1 N–H and O–H groups in total. The van der Waals surface area contributed by atoms with Crippen molar-refractivity contribution >= 4 is 10.0 Å². The molecule has 1 aromatic carbocycles. The van der Waals surface area contributed by atoms with Crippen molar-refractivity contribution in [3.8, 4) is 0 Å². The molecule has 1 heterocycles. The third-order valence-corrected chi connectivity index (χ3v) is 5.80. The third kappa shape index (κ3) is 3.40. The summed E-state index contributed by atoms with van der Waals surface area (Å²) in [4.78, 5) is 0.441. The highest BCUT2D eigenvalue weighted by molar-refractivity contribution is 7.89. The average Bonchev–Trinajstić information content (AvgIpc) is 2.45. The van der Waals surface area contributed by atoms with Crippen LogP contribution in [-0.2, 0) is 10.0 Å². The molecule has 0 aliphatic carbocycles. The van der Waals surface area contributed by atoms with Gasteiger partial charge >= 0.3 is 0 Å². The minimum atomic E-state index is -3.36. The van der Waals surface area contributed by atoms with Crippen LogP contribution >= 0.6 is 0 Å². The molecule has 1 aliphatic heterocycles. The highest BCUT2D eigenvalue weighted by Crippen LogP contribution is 2.23. The molecule has 112 valence electrons. The number of hydrogen-bond donors (Lipinski definition) is 1. The smallest absolute Gasteiger partial charge is 0.243 e. The van der Waals surface area contributed by atoms with Crippen LogP contribution in [0.2, 0.25) is 0 Å². The lowest BCUT2D eigenvalue weighted by Gasteiger charge is -2.32. The zero-order valence-electron chi connectivity index (χ0n) is 12.3. The molecule has 1 aliphatic rings. The zero-order chi connectivity index (χ0) is 14.6. The Bertz CT molecular complexity index is 543. The molecule has 1 saturated heterocycles. The number of sulfonamides is 1. The molecule has 0 bridgehead atoms.